The summed E-state index contributed by atoms with van der Waals surface area (Å²) >= 11 is 0. The number of hydrogen-bond donors (Lipinski definition) is 1. The number of aryl methyl sites for hydroxylation is 2. The molecule has 170 valence electrons. The highest BCUT2D eigenvalue weighted by atomic mass is 16.2. The molecule has 2 aromatic carbocycles. The van der Waals surface area contributed by atoms with E-state index >= 15 is 0 Å². The van der Waals surface area contributed by atoms with Crippen molar-refractivity contribution in [1.29, 1.82) is 0 Å². The van der Waals surface area contributed by atoms with Crippen LogP contribution in [0.25, 0.3) is 11.2 Å². The lowest BCUT2D eigenvalue weighted by Gasteiger charge is -2.33. The van der Waals surface area contributed by atoms with Gasteiger partial charge in [-0.2, -0.15) is 4.98 Å². The fraction of sp³-hybridized carbons (Fsp3) is 0.346. The van der Waals surface area contributed by atoms with Crippen LogP contribution in [0.3, 0.4) is 0 Å². The van der Waals surface area contributed by atoms with Gasteiger partial charge in [0.2, 0.25) is 5.95 Å². The standard InChI is InChI=1S/C26H29N5O2/c1-18-7-6-10-21(15-18)17-31-22-23(29(2)26(33)28-24(22)32)27-25(31)30-13-11-20(12-14-30)16-19-8-4-3-5-9-19/h3-10,15,20H,11-14,16-17H2,1-2H3,(H,28,32,33). The topological polar surface area (TPSA) is 75.9 Å². The summed E-state index contributed by atoms with van der Waals surface area (Å²) in [6.07, 6.45) is 3.22. The molecule has 2 aromatic heterocycles. The van der Waals surface area contributed by atoms with E-state index in [1.54, 1.807) is 7.05 Å². The molecule has 1 aliphatic heterocycles. The Morgan fingerprint density at radius 1 is 1.00 bits per heavy atom. The highest BCUT2D eigenvalue weighted by Crippen LogP contribution is 2.28. The molecular formula is C26H29N5O2. The van der Waals surface area contributed by atoms with Crippen molar-refractivity contribution in [2.75, 3.05) is 18.0 Å². The maximum atomic E-state index is 12.8. The molecule has 0 radical (unpaired) electrons. The van der Waals surface area contributed by atoms with Crippen LogP contribution in [-0.2, 0) is 20.0 Å². The molecule has 0 unspecified atom stereocenters. The zero-order chi connectivity index (χ0) is 22.9. The number of aromatic nitrogens is 4. The van der Waals surface area contributed by atoms with E-state index in [4.69, 9.17) is 4.98 Å². The minimum Gasteiger partial charge on any atom is -0.342 e. The van der Waals surface area contributed by atoms with Gasteiger partial charge in [-0.25, -0.2) is 4.79 Å². The van der Waals surface area contributed by atoms with E-state index in [0.29, 0.717) is 23.6 Å². The molecule has 3 heterocycles. The van der Waals surface area contributed by atoms with Gasteiger partial charge in [0, 0.05) is 20.1 Å². The molecule has 33 heavy (non-hydrogen) atoms. The van der Waals surface area contributed by atoms with Gasteiger partial charge in [0.1, 0.15) is 0 Å². The molecule has 1 saturated heterocycles. The SMILES string of the molecule is Cc1cccc(Cn2c(N3CCC(Cc4ccccc4)CC3)nc3c2c(=O)[nH]c(=O)n3C)c1. The lowest BCUT2D eigenvalue weighted by molar-refractivity contribution is 0.399. The molecule has 0 bridgehead atoms. The summed E-state index contributed by atoms with van der Waals surface area (Å²) in [6.45, 7) is 4.34. The predicted octanol–water partition coefficient (Wildman–Crippen LogP) is 3.24. The van der Waals surface area contributed by atoms with E-state index in [0.717, 1.165) is 43.9 Å². The molecule has 7 nitrogen and oxygen atoms in total. The molecule has 0 spiro atoms. The highest BCUT2D eigenvalue weighted by molar-refractivity contribution is 5.74. The molecule has 0 amide bonds. The summed E-state index contributed by atoms with van der Waals surface area (Å²) in [5, 5.41) is 0. The molecule has 0 atom stereocenters. The Labute approximate surface area is 192 Å². The van der Waals surface area contributed by atoms with Gasteiger partial charge in [0.25, 0.3) is 5.56 Å². The summed E-state index contributed by atoms with van der Waals surface area (Å²) in [7, 11) is 1.65. The first-order chi connectivity index (χ1) is 16.0. The van der Waals surface area contributed by atoms with Crippen LogP contribution >= 0.6 is 0 Å². The smallest absolute Gasteiger partial charge is 0.329 e. The lowest BCUT2D eigenvalue weighted by Crippen LogP contribution is -2.36. The molecule has 4 aromatic rings. The lowest BCUT2D eigenvalue weighted by atomic mass is 9.90. The van der Waals surface area contributed by atoms with E-state index in [1.807, 2.05) is 10.6 Å². The Balaban J connectivity index is 1.48. The van der Waals surface area contributed by atoms with Gasteiger partial charge in [0.05, 0.1) is 6.54 Å². The molecule has 0 saturated carbocycles. The van der Waals surface area contributed by atoms with Gasteiger partial charge >= 0.3 is 5.69 Å². The number of nitrogens with one attached hydrogen (secondary N) is 1. The van der Waals surface area contributed by atoms with Crippen LogP contribution in [-0.4, -0.2) is 32.2 Å². The Morgan fingerprint density at radius 2 is 1.73 bits per heavy atom. The Hall–Kier alpha value is -3.61. The number of anilines is 1. The number of hydrogen-bond acceptors (Lipinski definition) is 4. The largest absolute Gasteiger partial charge is 0.342 e. The normalized spacial score (nSPS) is 14.8. The third-order valence-electron chi connectivity index (χ3n) is 6.67. The number of imidazole rings is 1. The second-order valence-corrected chi connectivity index (χ2v) is 9.10. The summed E-state index contributed by atoms with van der Waals surface area (Å²) in [5.74, 6) is 1.39. The highest BCUT2D eigenvalue weighted by Gasteiger charge is 2.26. The first-order valence-corrected chi connectivity index (χ1v) is 11.5. The van der Waals surface area contributed by atoms with Crippen LogP contribution in [0, 0.1) is 12.8 Å². The maximum Gasteiger partial charge on any atom is 0.329 e. The third-order valence-corrected chi connectivity index (χ3v) is 6.67. The monoisotopic (exact) mass is 443 g/mol. The van der Waals surface area contributed by atoms with Crippen molar-refractivity contribution in [3.8, 4) is 0 Å². The van der Waals surface area contributed by atoms with Crippen LogP contribution in [0.5, 0.6) is 0 Å². The quantitative estimate of drug-likeness (QED) is 0.514. The molecule has 5 rings (SSSR count). The van der Waals surface area contributed by atoms with Crippen LogP contribution in [0.4, 0.5) is 5.95 Å². The number of benzene rings is 2. The third kappa shape index (κ3) is 4.23. The first-order valence-electron chi connectivity index (χ1n) is 11.5. The number of piperidine rings is 1. The number of rotatable bonds is 5. The fourth-order valence-electron chi connectivity index (χ4n) is 4.89. The summed E-state index contributed by atoms with van der Waals surface area (Å²) in [5.41, 5.74) is 3.69. The molecule has 7 heteroatoms. The van der Waals surface area contributed by atoms with Gasteiger partial charge in [-0.15, -0.1) is 0 Å². The molecule has 1 N–H and O–H groups in total. The van der Waals surface area contributed by atoms with Crippen molar-refractivity contribution in [3.63, 3.8) is 0 Å². The molecular weight excluding hydrogens is 414 g/mol. The van der Waals surface area contributed by atoms with Crippen molar-refractivity contribution < 1.29 is 0 Å². The number of aromatic amines is 1. The summed E-state index contributed by atoms with van der Waals surface area (Å²) < 4.78 is 3.40. The van der Waals surface area contributed by atoms with Crippen LogP contribution < -0.4 is 16.1 Å². The van der Waals surface area contributed by atoms with Crippen molar-refractivity contribution in [3.05, 3.63) is 92.1 Å². The summed E-state index contributed by atoms with van der Waals surface area (Å²) in [6, 6.07) is 18.9. The van der Waals surface area contributed by atoms with Crippen LogP contribution in [0.1, 0.15) is 29.5 Å². The minimum absolute atomic E-state index is 0.390. The number of nitrogens with zero attached hydrogens (tertiary/aromatic N) is 4. The average molecular weight is 444 g/mol. The van der Waals surface area contributed by atoms with E-state index < -0.39 is 11.2 Å². The van der Waals surface area contributed by atoms with E-state index in [2.05, 4.69) is 65.3 Å². The van der Waals surface area contributed by atoms with Crippen molar-refractivity contribution in [2.24, 2.45) is 13.0 Å². The first kappa shape index (κ1) is 21.2. The Morgan fingerprint density at radius 3 is 2.45 bits per heavy atom. The summed E-state index contributed by atoms with van der Waals surface area (Å²) in [4.78, 5) is 34.6. The molecule has 0 aliphatic carbocycles. The predicted molar refractivity (Wildman–Crippen MR) is 131 cm³/mol. The van der Waals surface area contributed by atoms with Gasteiger partial charge in [-0.05, 0) is 43.2 Å². The maximum absolute atomic E-state index is 12.8. The van der Waals surface area contributed by atoms with Gasteiger partial charge in [-0.1, -0.05) is 60.2 Å². The van der Waals surface area contributed by atoms with Crippen molar-refractivity contribution in [2.45, 2.75) is 32.7 Å². The second kappa shape index (κ2) is 8.73. The molecule has 1 fully saturated rings. The fourth-order valence-corrected chi connectivity index (χ4v) is 4.89. The van der Waals surface area contributed by atoms with Gasteiger partial charge in [0.15, 0.2) is 11.2 Å². The van der Waals surface area contributed by atoms with E-state index in [1.165, 1.54) is 15.7 Å². The van der Waals surface area contributed by atoms with Crippen molar-refractivity contribution in [1.82, 2.24) is 19.1 Å². The minimum atomic E-state index is -0.444. The van der Waals surface area contributed by atoms with Gasteiger partial charge < -0.3 is 4.90 Å². The second-order valence-electron chi connectivity index (χ2n) is 9.10. The Kier molecular flexibility index (Phi) is 5.62. The van der Waals surface area contributed by atoms with Crippen LogP contribution in [0.2, 0.25) is 0 Å². The van der Waals surface area contributed by atoms with Crippen molar-refractivity contribution >= 4 is 17.1 Å². The Bertz CT molecular complexity index is 1390. The molecule has 1 aliphatic rings. The number of fused-ring (bicyclic) bond motifs is 1. The van der Waals surface area contributed by atoms with Crippen LogP contribution in [0.15, 0.2) is 64.2 Å². The number of H-pyrrole nitrogens is 1. The van der Waals surface area contributed by atoms with Gasteiger partial charge in [-0.3, -0.25) is 18.9 Å². The average Bonchev–Trinajstić information content (AvgIpc) is 3.18. The zero-order valence-electron chi connectivity index (χ0n) is 19.1. The van der Waals surface area contributed by atoms with E-state index in [-0.39, 0.29) is 0 Å². The van der Waals surface area contributed by atoms with E-state index in [9.17, 15) is 9.59 Å². The zero-order valence-corrected chi connectivity index (χ0v) is 19.1.